The van der Waals surface area contributed by atoms with Gasteiger partial charge < -0.3 is 14.2 Å². The largest absolute Gasteiger partial charge is 0.462 e. The Balaban J connectivity index is 4.38. The second-order valence-corrected chi connectivity index (χ2v) is 18.5. The van der Waals surface area contributed by atoms with Gasteiger partial charge in [-0.2, -0.15) is 0 Å². The molecule has 0 aromatic heterocycles. The van der Waals surface area contributed by atoms with Crippen LogP contribution in [0.1, 0.15) is 278 Å². The lowest BCUT2D eigenvalue weighted by molar-refractivity contribution is -0.167. The van der Waals surface area contributed by atoms with Gasteiger partial charge in [0.2, 0.25) is 0 Å². The first-order valence-electron chi connectivity index (χ1n) is 27.8. The maximum absolute atomic E-state index is 12.8. The Labute approximate surface area is 402 Å². The molecule has 0 saturated carbocycles. The van der Waals surface area contributed by atoms with Crippen LogP contribution in [0.5, 0.6) is 0 Å². The highest BCUT2D eigenvalue weighted by Gasteiger charge is 2.19. The van der Waals surface area contributed by atoms with Gasteiger partial charge in [-0.1, -0.05) is 236 Å². The fourth-order valence-corrected chi connectivity index (χ4v) is 7.78. The Kier molecular flexibility index (Phi) is 51.3. The van der Waals surface area contributed by atoms with Crippen LogP contribution >= 0.6 is 0 Å². The van der Waals surface area contributed by atoms with Crippen molar-refractivity contribution >= 4 is 17.9 Å². The van der Waals surface area contributed by atoms with Crippen LogP contribution in [0.25, 0.3) is 0 Å². The van der Waals surface area contributed by atoms with Crippen LogP contribution in [0.2, 0.25) is 0 Å². The summed E-state index contributed by atoms with van der Waals surface area (Å²) in [7, 11) is 0. The van der Waals surface area contributed by atoms with Gasteiger partial charge >= 0.3 is 17.9 Å². The van der Waals surface area contributed by atoms with Gasteiger partial charge in [0.1, 0.15) is 13.2 Å². The van der Waals surface area contributed by atoms with E-state index in [1.807, 2.05) is 0 Å². The molecule has 0 fully saturated rings. The lowest BCUT2D eigenvalue weighted by Crippen LogP contribution is -2.30. The molecule has 6 nitrogen and oxygen atoms in total. The first-order chi connectivity index (χ1) is 32.0. The summed E-state index contributed by atoms with van der Waals surface area (Å²) in [6.07, 6.45) is 66.3. The molecule has 65 heavy (non-hydrogen) atoms. The first kappa shape index (κ1) is 62.1. The van der Waals surface area contributed by atoms with Crippen molar-refractivity contribution in [2.75, 3.05) is 13.2 Å². The molecule has 0 aliphatic rings. The monoisotopic (exact) mass is 909 g/mol. The molecule has 0 N–H and O–H groups in total. The third-order valence-corrected chi connectivity index (χ3v) is 12.0. The fourth-order valence-electron chi connectivity index (χ4n) is 7.78. The van der Waals surface area contributed by atoms with E-state index in [-0.39, 0.29) is 31.1 Å². The Morgan fingerprint density at radius 3 is 0.954 bits per heavy atom. The second-order valence-electron chi connectivity index (χ2n) is 18.5. The van der Waals surface area contributed by atoms with Crippen LogP contribution in [0, 0.1) is 0 Å². The van der Waals surface area contributed by atoms with Gasteiger partial charge in [-0.25, -0.2) is 0 Å². The summed E-state index contributed by atoms with van der Waals surface area (Å²) in [5, 5.41) is 0. The molecule has 0 aliphatic carbocycles. The molecule has 376 valence electrons. The SMILES string of the molecule is CCC/C=C\C/C=C\CCCCCCCC(=O)OCC(COC(=O)CCCCCCCC/C=C\C/C=C\C/C=C\CCCCC)OC(=O)CCCCCCCCCCCCCCCCC. The minimum Gasteiger partial charge on any atom is -0.462 e. The fraction of sp³-hybridized carbons (Fsp3) is 0.780. The predicted molar refractivity (Wildman–Crippen MR) is 279 cm³/mol. The standard InChI is InChI=1S/C59H104O6/c1-4-7-10-13-16-19-22-25-27-28-29-30-32-34-37-40-43-46-49-52-58(61)64-55-56(54-63-57(60)51-48-45-42-39-36-33-24-21-18-15-12-9-6-3)65-59(62)53-50-47-44-41-38-35-31-26-23-20-17-14-11-8-5-2/h12,15-16,19,21,24-25,27,29-30,56H,4-11,13-14,17-18,20,22-23,26,28,31-55H2,1-3H3/b15-12-,19-16-,24-21-,27-25-,30-29-. The van der Waals surface area contributed by atoms with E-state index < -0.39 is 6.10 Å². The third-order valence-electron chi connectivity index (χ3n) is 12.0. The summed E-state index contributed by atoms with van der Waals surface area (Å²) in [5.74, 6) is -0.899. The van der Waals surface area contributed by atoms with E-state index in [0.717, 1.165) is 103 Å². The Hall–Kier alpha value is -2.89. The van der Waals surface area contributed by atoms with Gasteiger partial charge in [0.05, 0.1) is 0 Å². The van der Waals surface area contributed by atoms with E-state index in [1.54, 1.807) is 0 Å². The average Bonchev–Trinajstić information content (AvgIpc) is 3.30. The smallest absolute Gasteiger partial charge is 0.306 e. The minimum atomic E-state index is -0.783. The van der Waals surface area contributed by atoms with Crippen molar-refractivity contribution < 1.29 is 28.6 Å². The lowest BCUT2D eigenvalue weighted by Gasteiger charge is -2.18. The van der Waals surface area contributed by atoms with Crippen LogP contribution in [0.3, 0.4) is 0 Å². The maximum atomic E-state index is 12.8. The van der Waals surface area contributed by atoms with Crippen LogP contribution in [-0.2, 0) is 28.6 Å². The van der Waals surface area contributed by atoms with E-state index in [9.17, 15) is 14.4 Å². The average molecular weight is 909 g/mol. The van der Waals surface area contributed by atoms with Crippen molar-refractivity contribution in [1.82, 2.24) is 0 Å². The number of ether oxygens (including phenoxy) is 3. The zero-order chi connectivity index (χ0) is 47.2. The van der Waals surface area contributed by atoms with E-state index in [1.165, 1.54) is 135 Å². The van der Waals surface area contributed by atoms with E-state index in [0.29, 0.717) is 19.3 Å². The Bertz CT molecular complexity index is 1180. The summed E-state index contributed by atoms with van der Waals surface area (Å²) < 4.78 is 16.8. The predicted octanol–water partition coefficient (Wildman–Crippen LogP) is 18.4. The summed E-state index contributed by atoms with van der Waals surface area (Å²) in [5.41, 5.74) is 0. The number of rotatable bonds is 50. The quantitative estimate of drug-likeness (QED) is 0.0262. The Morgan fingerprint density at radius 2 is 0.585 bits per heavy atom. The second kappa shape index (κ2) is 53.7. The lowest BCUT2D eigenvalue weighted by atomic mass is 10.0. The highest BCUT2D eigenvalue weighted by Crippen LogP contribution is 2.16. The normalized spacial score (nSPS) is 12.5. The molecule has 6 heteroatoms. The van der Waals surface area contributed by atoms with Crippen LogP contribution in [0.15, 0.2) is 60.8 Å². The number of hydrogen-bond acceptors (Lipinski definition) is 6. The molecule has 1 unspecified atom stereocenters. The van der Waals surface area contributed by atoms with Gasteiger partial charge in [-0.3, -0.25) is 14.4 Å². The topological polar surface area (TPSA) is 78.9 Å². The molecule has 0 spiro atoms. The zero-order valence-electron chi connectivity index (χ0n) is 43.0. The van der Waals surface area contributed by atoms with Crippen molar-refractivity contribution in [3.63, 3.8) is 0 Å². The van der Waals surface area contributed by atoms with Crippen molar-refractivity contribution in [2.24, 2.45) is 0 Å². The van der Waals surface area contributed by atoms with Gasteiger partial charge in [-0.05, 0) is 83.5 Å². The van der Waals surface area contributed by atoms with Crippen LogP contribution in [-0.4, -0.2) is 37.2 Å². The summed E-state index contributed by atoms with van der Waals surface area (Å²) in [6.45, 7) is 6.55. The molecule has 0 saturated heterocycles. The van der Waals surface area contributed by atoms with Gasteiger partial charge in [0, 0.05) is 19.3 Å². The molecule has 0 aromatic carbocycles. The van der Waals surface area contributed by atoms with Crippen molar-refractivity contribution in [3.05, 3.63) is 60.8 Å². The summed E-state index contributed by atoms with van der Waals surface area (Å²) >= 11 is 0. The zero-order valence-corrected chi connectivity index (χ0v) is 43.0. The van der Waals surface area contributed by atoms with E-state index in [2.05, 4.69) is 81.5 Å². The highest BCUT2D eigenvalue weighted by atomic mass is 16.6. The Morgan fingerprint density at radius 1 is 0.308 bits per heavy atom. The van der Waals surface area contributed by atoms with Crippen LogP contribution in [0.4, 0.5) is 0 Å². The molecular weight excluding hydrogens is 805 g/mol. The number of hydrogen-bond donors (Lipinski definition) is 0. The summed E-state index contributed by atoms with van der Waals surface area (Å²) in [6, 6.07) is 0. The van der Waals surface area contributed by atoms with E-state index >= 15 is 0 Å². The van der Waals surface area contributed by atoms with Crippen molar-refractivity contribution in [3.8, 4) is 0 Å². The summed E-state index contributed by atoms with van der Waals surface area (Å²) in [4.78, 5) is 38.1. The molecule has 0 aromatic rings. The molecule has 0 amide bonds. The third kappa shape index (κ3) is 51.9. The van der Waals surface area contributed by atoms with Gasteiger partial charge in [0.25, 0.3) is 0 Å². The number of allylic oxidation sites excluding steroid dienone is 10. The number of esters is 3. The molecule has 0 rings (SSSR count). The first-order valence-corrected chi connectivity index (χ1v) is 27.8. The number of unbranched alkanes of at least 4 members (excludes halogenated alkanes) is 29. The van der Waals surface area contributed by atoms with Crippen molar-refractivity contribution in [1.29, 1.82) is 0 Å². The molecule has 0 heterocycles. The molecule has 0 radical (unpaired) electrons. The molecule has 0 bridgehead atoms. The van der Waals surface area contributed by atoms with E-state index in [4.69, 9.17) is 14.2 Å². The highest BCUT2D eigenvalue weighted by molar-refractivity contribution is 5.71. The maximum Gasteiger partial charge on any atom is 0.306 e. The van der Waals surface area contributed by atoms with Crippen LogP contribution < -0.4 is 0 Å². The number of carbonyl (C=O) groups is 3. The van der Waals surface area contributed by atoms with Gasteiger partial charge in [0.15, 0.2) is 6.10 Å². The molecular formula is C59H104O6. The molecule has 1 atom stereocenters. The minimum absolute atomic E-state index is 0.0837. The van der Waals surface area contributed by atoms with Gasteiger partial charge in [-0.15, -0.1) is 0 Å². The van der Waals surface area contributed by atoms with Crippen molar-refractivity contribution in [2.45, 2.75) is 284 Å². The molecule has 0 aliphatic heterocycles. The number of carbonyl (C=O) groups excluding carboxylic acids is 3.